The summed E-state index contributed by atoms with van der Waals surface area (Å²) in [6.07, 6.45) is 1.76. The Hall–Kier alpha value is -1.61. The third-order valence-corrected chi connectivity index (χ3v) is 9.89. The van der Waals surface area contributed by atoms with Crippen LogP contribution in [-0.4, -0.2) is 43.5 Å². The van der Waals surface area contributed by atoms with Crippen molar-refractivity contribution in [3.8, 4) is 22.6 Å². The molecule has 2 aromatic rings. The molecule has 4 nitrogen and oxygen atoms in total. The van der Waals surface area contributed by atoms with E-state index in [0.717, 1.165) is 35.5 Å². The van der Waals surface area contributed by atoms with E-state index in [2.05, 4.69) is 58.0 Å². The van der Waals surface area contributed by atoms with Gasteiger partial charge in [-0.25, -0.2) is 0 Å². The highest BCUT2D eigenvalue weighted by atomic mass is 31.1. The van der Waals surface area contributed by atoms with Crippen LogP contribution >= 0.6 is 7.92 Å². The number of rotatable bonds is 4. The fraction of sp³-hybridized carbons (Fsp3) is 0.520. The first-order valence-corrected chi connectivity index (χ1v) is 12.0. The SMILES string of the molecule is COc1ccc(OC)c(P2C(C)(C)CC3(CC2(C)C)OCCO3)c1-c1ccccc1. The number of benzene rings is 2. The fourth-order valence-corrected chi connectivity index (χ4v) is 10.2. The molecule has 2 fully saturated rings. The second-order valence-electron chi connectivity index (χ2n) is 9.48. The number of hydrogen-bond donors (Lipinski definition) is 0. The van der Waals surface area contributed by atoms with Crippen molar-refractivity contribution in [3.05, 3.63) is 42.5 Å². The van der Waals surface area contributed by atoms with Crippen molar-refractivity contribution in [2.75, 3.05) is 27.4 Å². The van der Waals surface area contributed by atoms with Gasteiger partial charge < -0.3 is 18.9 Å². The zero-order chi connectivity index (χ0) is 21.6. The maximum Gasteiger partial charge on any atom is 0.170 e. The normalized spacial score (nSPS) is 22.2. The van der Waals surface area contributed by atoms with Crippen molar-refractivity contribution in [1.29, 1.82) is 0 Å². The van der Waals surface area contributed by atoms with Crippen LogP contribution in [0.5, 0.6) is 11.5 Å². The Labute approximate surface area is 181 Å². The molecule has 2 aliphatic heterocycles. The standard InChI is InChI=1S/C25H33O4P/c1-23(2)16-25(28-14-15-29-25)17-24(3,4)30(23)22-20(27-6)13-12-19(26-5)21(22)18-10-8-7-9-11-18/h7-13H,14-17H2,1-6H3. The minimum atomic E-state index is -0.653. The van der Waals surface area contributed by atoms with Crippen LogP contribution in [0.1, 0.15) is 40.5 Å². The number of ether oxygens (including phenoxy) is 4. The van der Waals surface area contributed by atoms with Gasteiger partial charge in [-0.05, 0) is 28.0 Å². The van der Waals surface area contributed by atoms with E-state index in [9.17, 15) is 0 Å². The Morgan fingerprint density at radius 1 is 0.767 bits per heavy atom. The average Bonchev–Trinajstić information content (AvgIpc) is 3.12. The lowest BCUT2D eigenvalue weighted by Gasteiger charge is -2.55. The minimum Gasteiger partial charge on any atom is -0.496 e. The average molecular weight is 429 g/mol. The third-order valence-electron chi connectivity index (χ3n) is 6.26. The van der Waals surface area contributed by atoms with Gasteiger partial charge in [0.25, 0.3) is 0 Å². The summed E-state index contributed by atoms with van der Waals surface area (Å²) < 4.78 is 24.2. The van der Waals surface area contributed by atoms with Crippen molar-refractivity contribution in [2.24, 2.45) is 0 Å². The monoisotopic (exact) mass is 428 g/mol. The highest BCUT2D eigenvalue weighted by Gasteiger charge is 2.57. The van der Waals surface area contributed by atoms with E-state index in [1.807, 2.05) is 12.1 Å². The molecule has 4 rings (SSSR count). The molecule has 2 heterocycles. The number of methoxy groups -OCH3 is 2. The van der Waals surface area contributed by atoms with Crippen molar-refractivity contribution in [3.63, 3.8) is 0 Å². The Morgan fingerprint density at radius 3 is 1.83 bits per heavy atom. The maximum absolute atomic E-state index is 6.19. The summed E-state index contributed by atoms with van der Waals surface area (Å²) in [4.78, 5) is 0. The molecular formula is C25H33O4P. The van der Waals surface area contributed by atoms with Gasteiger partial charge in [0.1, 0.15) is 11.5 Å². The van der Waals surface area contributed by atoms with Crippen LogP contribution in [0.3, 0.4) is 0 Å². The first-order chi connectivity index (χ1) is 14.2. The van der Waals surface area contributed by atoms with Crippen LogP contribution < -0.4 is 14.8 Å². The smallest absolute Gasteiger partial charge is 0.170 e. The molecule has 2 saturated heterocycles. The predicted molar refractivity (Wildman–Crippen MR) is 124 cm³/mol. The van der Waals surface area contributed by atoms with Crippen molar-refractivity contribution >= 4 is 13.2 Å². The quantitative estimate of drug-likeness (QED) is 0.597. The van der Waals surface area contributed by atoms with Crippen LogP contribution in [0.4, 0.5) is 0 Å². The van der Waals surface area contributed by atoms with Crippen LogP contribution in [0.15, 0.2) is 42.5 Å². The van der Waals surface area contributed by atoms with E-state index in [1.165, 1.54) is 5.30 Å². The van der Waals surface area contributed by atoms with Crippen molar-refractivity contribution in [2.45, 2.75) is 56.6 Å². The molecule has 2 aromatic carbocycles. The Balaban J connectivity index is 1.95. The summed E-state index contributed by atoms with van der Waals surface area (Å²) in [7, 11) is 2.86. The summed E-state index contributed by atoms with van der Waals surface area (Å²) in [5.41, 5.74) is 2.31. The predicted octanol–water partition coefficient (Wildman–Crippen LogP) is 5.57. The summed E-state index contributed by atoms with van der Waals surface area (Å²) in [6.45, 7) is 10.8. The highest BCUT2D eigenvalue weighted by Crippen LogP contribution is 2.70. The first-order valence-electron chi connectivity index (χ1n) is 10.6. The summed E-state index contributed by atoms with van der Waals surface area (Å²) in [6, 6.07) is 14.6. The van der Waals surface area contributed by atoms with Crippen LogP contribution in [0, 0.1) is 0 Å². The molecule has 5 heteroatoms. The molecule has 0 bridgehead atoms. The third kappa shape index (κ3) is 3.64. The molecule has 0 aliphatic carbocycles. The summed E-state index contributed by atoms with van der Waals surface area (Å²) in [5, 5.41) is 1.26. The molecule has 0 N–H and O–H groups in total. The zero-order valence-electron chi connectivity index (χ0n) is 19.0. The lowest BCUT2D eigenvalue weighted by Crippen LogP contribution is -2.52. The Morgan fingerprint density at radius 2 is 1.30 bits per heavy atom. The van der Waals surface area contributed by atoms with Gasteiger partial charge in [0.05, 0.1) is 27.4 Å². The van der Waals surface area contributed by atoms with Crippen LogP contribution in [-0.2, 0) is 9.47 Å². The fourth-order valence-electron chi connectivity index (χ4n) is 5.66. The lowest BCUT2D eigenvalue weighted by molar-refractivity contribution is -0.178. The Bertz CT molecular complexity index is 881. The van der Waals surface area contributed by atoms with Gasteiger partial charge >= 0.3 is 0 Å². The molecule has 0 aromatic heterocycles. The van der Waals surface area contributed by atoms with E-state index in [1.54, 1.807) is 14.2 Å². The highest BCUT2D eigenvalue weighted by molar-refractivity contribution is 7.69. The topological polar surface area (TPSA) is 36.9 Å². The van der Waals surface area contributed by atoms with Crippen molar-refractivity contribution in [1.82, 2.24) is 0 Å². The van der Waals surface area contributed by atoms with E-state index in [4.69, 9.17) is 18.9 Å². The molecule has 0 radical (unpaired) electrons. The molecule has 30 heavy (non-hydrogen) atoms. The molecule has 162 valence electrons. The van der Waals surface area contributed by atoms with Gasteiger partial charge in [0.2, 0.25) is 0 Å². The van der Waals surface area contributed by atoms with E-state index in [-0.39, 0.29) is 10.3 Å². The van der Waals surface area contributed by atoms with Crippen molar-refractivity contribution < 1.29 is 18.9 Å². The van der Waals surface area contributed by atoms with E-state index in [0.29, 0.717) is 13.2 Å². The zero-order valence-corrected chi connectivity index (χ0v) is 19.8. The Kier molecular flexibility index (Phi) is 5.63. The number of hydrogen-bond acceptors (Lipinski definition) is 4. The molecule has 0 amide bonds. The maximum atomic E-state index is 6.19. The molecular weight excluding hydrogens is 395 g/mol. The molecule has 0 unspecified atom stereocenters. The molecule has 0 saturated carbocycles. The largest absolute Gasteiger partial charge is 0.496 e. The molecule has 0 atom stereocenters. The first kappa shape index (κ1) is 21.6. The molecule has 1 spiro atoms. The van der Waals surface area contributed by atoms with Gasteiger partial charge in [-0.3, -0.25) is 0 Å². The van der Waals surface area contributed by atoms with E-state index < -0.39 is 13.7 Å². The van der Waals surface area contributed by atoms with Gasteiger partial charge in [-0.2, -0.15) is 0 Å². The molecule has 2 aliphatic rings. The van der Waals surface area contributed by atoms with Gasteiger partial charge in [-0.15, -0.1) is 0 Å². The van der Waals surface area contributed by atoms with Crippen LogP contribution in [0.25, 0.3) is 11.1 Å². The summed E-state index contributed by atoms with van der Waals surface area (Å²) in [5.74, 6) is 1.36. The van der Waals surface area contributed by atoms with Crippen LogP contribution in [0.2, 0.25) is 0 Å². The van der Waals surface area contributed by atoms with Gasteiger partial charge in [0, 0.05) is 23.7 Å². The second-order valence-corrected chi connectivity index (χ2v) is 13.0. The second kappa shape index (κ2) is 7.82. The minimum absolute atomic E-state index is 0.00933. The lowest BCUT2D eigenvalue weighted by atomic mass is 9.91. The van der Waals surface area contributed by atoms with Gasteiger partial charge in [0.15, 0.2) is 5.79 Å². The van der Waals surface area contributed by atoms with Gasteiger partial charge in [-0.1, -0.05) is 65.9 Å². The van der Waals surface area contributed by atoms with E-state index >= 15 is 0 Å². The summed E-state index contributed by atoms with van der Waals surface area (Å²) >= 11 is 0.